The van der Waals surface area contributed by atoms with Crippen LogP contribution < -0.4 is 4.72 Å². The number of halogens is 1. The smallest absolute Gasteiger partial charge is 0.211 e. The lowest BCUT2D eigenvalue weighted by Crippen LogP contribution is -2.40. The van der Waals surface area contributed by atoms with Gasteiger partial charge in [-0.05, 0) is 31.9 Å². The molecular weight excluding hydrogens is 266 g/mol. The third-order valence-electron chi connectivity index (χ3n) is 2.85. The summed E-state index contributed by atoms with van der Waals surface area (Å²) in [6.45, 7) is 0. The van der Waals surface area contributed by atoms with Gasteiger partial charge in [-0.15, -0.1) is 11.6 Å². The van der Waals surface area contributed by atoms with Gasteiger partial charge < -0.3 is 0 Å². The van der Waals surface area contributed by atoms with Gasteiger partial charge in [0.05, 0.1) is 5.75 Å². The van der Waals surface area contributed by atoms with E-state index in [0.29, 0.717) is 17.6 Å². The first-order valence-corrected chi connectivity index (χ1v) is 9.13. The molecule has 0 aliphatic heterocycles. The Morgan fingerprint density at radius 1 is 1.44 bits per heavy atom. The second-order valence-corrected chi connectivity index (χ2v) is 7.59. The molecule has 0 amide bonds. The first-order chi connectivity index (χ1) is 7.57. The summed E-state index contributed by atoms with van der Waals surface area (Å²) < 4.78 is 26.1. The van der Waals surface area contributed by atoms with Crippen LogP contribution in [-0.2, 0) is 10.0 Å². The van der Waals surface area contributed by atoms with Crippen molar-refractivity contribution in [3.05, 3.63) is 0 Å². The molecule has 2 unspecified atom stereocenters. The Kier molecular flexibility index (Phi) is 6.47. The molecule has 2 atom stereocenters. The molecule has 3 nitrogen and oxygen atoms in total. The van der Waals surface area contributed by atoms with E-state index in [2.05, 4.69) is 11.0 Å². The van der Waals surface area contributed by atoms with E-state index in [9.17, 15) is 8.42 Å². The summed E-state index contributed by atoms with van der Waals surface area (Å²) in [6.07, 6.45) is 6.87. The number of thioether (sulfide) groups is 1. The zero-order valence-corrected chi connectivity index (χ0v) is 12.0. The van der Waals surface area contributed by atoms with Gasteiger partial charge in [-0.25, -0.2) is 13.1 Å². The van der Waals surface area contributed by atoms with E-state index in [-0.39, 0.29) is 11.8 Å². The SMILES string of the molecule is CSC1CCCC(NS(=O)(=O)CCCCl)C1. The van der Waals surface area contributed by atoms with E-state index in [4.69, 9.17) is 11.6 Å². The van der Waals surface area contributed by atoms with E-state index >= 15 is 0 Å². The molecule has 1 fully saturated rings. The Morgan fingerprint density at radius 3 is 2.81 bits per heavy atom. The van der Waals surface area contributed by atoms with Crippen molar-refractivity contribution in [2.45, 2.75) is 43.4 Å². The second kappa shape index (κ2) is 7.09. The summed E-state index contributed by atoms with van der Waals surface area (Å²) >= 11 is 7.34. The third-order valence-corrected chi connectivity index (χ3v) is 5.73. The van der Waals surface area contributed by atoms with Crippen LogP contribution in [0.5, 0.6) is 0 Å². The summed E-state index contributed by atoms with van der Waals surface area (Å²) in [5, 5.41) is 0.606. The quantitative estimate of drug-likeness (QED) is 0.761. The molecule has 96 valence electrons. The van der Waals surface area contributed by atoms with Crippen LogP contribution in [0.3, 0.4) is 0 Å². The molecule has 16 heavy (non-hydrogen) atoms. The predicted octanol–water partition coefficient (Wildman–Crippen LogP) is 2.21. The van der Waals surface area contributed by atoms with Crippen LogP contribution in [0.1, 0.15) is 32.1 Å². The maximum absolute atomic E-state index is 11.7. The minimum Gasteiger partial charge on any atom is -0.212 e. The van der Waals surface area contributed by atoms with Gasteiger partial charge in [-0.2, -0.15) is 11.8 Å². The number of nitrogens with one attached hydrogen (secondary N) is 1. The zero-order valence-electron chi connectivity index (χ0n) is 9.62. The summed E-state index contributed by atoms with van der Waals surface area (Å²) in [4.78, 5) is 0. The van der Waals surface area contributed by atoms with Crippen molar-refractivity contribution in [2.24, 2.45) is 0 Å². The molecule has 0 spiro atoms. The highest BCUT2D eigenvalue weighted by molar-refractivity contribution is 7.99. The molecule has 1 aliphatic rings. The van der Waals surface area contributed by atoms with Crippen molar-refractivity contribution in [2.75, 3.05) is 17.9 Å². The van der Waals surface area contributed by atoms with Crippen molar-refractivity contribution in [3.63, 3.8) is 0 Å². The molecule has 0 heterocycles. The van der Waals surface area contributed by atoms with Crippen LogP contribution in [0.15, 0.2) is 0 Å². The number of hydrogen-bond acceptors (Lipinski definition) is 3. The van der Waals surface area contributed by atoms with Crippen LogP contribution in [-0.4, -0.2) is 37.6 Å². The van der Waals surface area contributed by atoms with E-state index in [0.717, 1.165) is 19.3 Å². The summed E-state index contributed by atoms with van der Waals surface area (Å²) in [5.74, 6) is 0.552. The van der Waals surface area contributed by atoms with E-state index in [1.54, 1.807) is 0 Å². The molecule has 0 radical (unpaired) electrons. The molecular formula is C10H20ClNO2S2. The Morgan fingerprint density at radius 2 is 2.19 bits per heavy atom. The van der Waals surface area contributed by atoms with Crippen molar-refractivity contribution in [1.29, 1.82) is 0 Å². The van der Waals surface area contributed by atoms with Crippen LogP contribution in [0.2, 0.25) is 0 Å². The summed E-state index contributed by atoms with van der Waals surface area (Å²) in [6, 6.07) is 0.131. The second-order valence-electron chi connectivity index (χ2n) is 4.20. The van der Waals surface area contributed by atoms with Gasteiger partial charge in [0.15, 0.2) is 0 Å². The standard InChI is InChI=1S/C10H20ClNO2S2/c1-15-10-5-2-4-9(8-10)12-16(13,14)7-3-6-11/h9-10,12H,2-8H2,1H3. The molecule has 1 aliphatic carbocycles. The van der Waals surface area contributed by atoms with Crippen molar-refractivity contribution in [3.8, 4) is 0 Å². The molecule has 0 saturated heterocycles. The molecule has 0 aromatic carbocycles. The third kappa shape index (κ3) is 5.25. The average Bonchev–Trinajstić information content (AvgIpc) is 2.26. The molecule has 6 heteroatoms. The van der Waals surface area contributed by atoms with Crippen molar-refractivity contribution >= 4 is 33.4 Å². The Balaban J connectivity index is 2.40. The molecule has 0 aromatic rings. The molecule has 0 aromatic heterocycles. The van der Waals surface area contributed by atoms with Crippen LogP contribution in [0.4, 0.5) is 0 Å². The number of sulfonamides is 1. The normalized spacial score (nSPS) is 26.9. The highest BCUT2D eigenvalue weighted by atomic mass is 35.5. The van der Waals surface area contributed by atoms with Gasteiger partial charge in [0.1, 0.15) is 0 Å². The fraction of sp³-hybridized carbons (Fsp3) is 1.00. The van der Waals surface area contributed by atoms with Crippen LogP contribution in [0, 0.1) is 0 Å². The minimum absolute atomic E-state index is 0.131. The lowest BCUT2D eigenvalue weighted by atomic mass is 9.96. The lowest BCUT2D eigenvalue weighted by molar-refractivity contribution is 0.420. The van der Waals surface area contributed by atoms with Crippen molar-refractivity contribution in [1.82, 2.24) is 4.72 Å². The van der Waals surface area contributed by atoms with Crippen LogP contribution >= 0.6 is 23.4 Å². The first kappa shape index (κ1) is 14.6. The Bertz CT molecular complexity index is 295. The summed E-state index contributed by atoms with van der Waals surface area (Å²) in [7, 11) is -3.12. The van der Waals surface area contributed by atoms with Gasteiger partial charge >= 0.3 is 0 Å². The maximum atomic E-state index is 11.7. The molecule has 0 bridgehead atoms. The molecule has 1 rings (SSSR count). The number of hydrogen-bond donors (Lipinski definition) is 1. The average molecular weight is 286 g/mol. The highest BCUT2D eigenvalue weighted by Crippen LogP contribution is 2.27. The fourth-order valence-corrected chi connectivity index (χ4v) is 4.51. The number of alkyl halides is 1. The van der Waals surface area contributed by atoms with Crippen LogP contribution in [0.25, 0.3) is 0 Å². The lowest BCUT2D eigenvalue weighted by Gasteiger charge is -2.28. The van der Waals surface area contributed by atoms with E-state index < -0.39 is 10.0 Å². The van der Waals surface area contributed by atoms with Gasteiger partial charge in [-0.3, -0.25) is 0 Å². The highest BCUT2D eigenvalue weighted by Gasteiger charge is 2.24. The minimum atomic E-state index is -3.12. The first-order valence-electron chi connectivity index (χ1n) is 5.66. The topological polar surface area (TPSA) is 46.2 Å². The van der Waals surface area contributed by atoms with Gasteiger partial charge in [0, 0.05) is 17.2 Å². The van der Waals surface area contributed by atoms with E-state index in [1.807, 2.05) is 11.8 Å². The monoisotopic (exact) mass is 285 g/mol. The predicted molar refractivity (Wildman–Crippen MR) is 71.8 cm³/mol. The largest absolute Gasteiger partial charge is 0.212 e. The molecule has 1 N–H and O–H groups in total. The molecule has 1 saturated carbocycles. The van der Waals surface area contributed by atoms with Gasteiger partial charge in [0.2, 0.25) is 10.0 Å². The van der Waals surface area contributed by atoms with Gasteiger partial charge in [-0.1, -0.05) is 6.42 Å². The van der Waals surface area contributed by atoms with E-state index in [1.165, 1.54) is 6.42 Å². The summed E-state index contributed by atoms with van der Waals surface area (Å²) in [5.41, 5.74) is 0. The zero-order chi connectivity index (χ0) is 12.0. The van der Waals surface area contributed by atoms with Crippen molar-refractivity contribution < 1.29 is 8.42 Å². The Labute approximate surface area is 108 Å². The maximum Gasteiger partial charge on any atom is 0.211 e. The van der Waals surface area contributed by atoms with Gasteiger partial charge in [0.25, 0.3) is 0 Å². The fourth-order valence-electron chi connectivity index (χ4n) is 2.02. The number of rotatable bonds is 6. The Hall–Kier alpha value is 0.550.